The van der Waals surface area contributed by atoms with Crippen LogP contribution in [0.4, 0.5) is 4.39 Å². The van der Waals surface area contributed by atoms with E-state index in [1.54, 1.807) is 17.8 Å². The molecule has 0 atom stereocenters. The van der Waals surface area contributed by atoms with E-state index in [4.69, 9.17) is 10.5 Å². The van der Waals surface area contributed by atoms with Gasteiger partial charge in [-0.1, -0.05) is 6.07 Å². The van der Waals surface area contributed by atoms with Gasteiger partial charge in [0.25, 0.3) is 5.91 Å². The van der Waals surface area contributed by atoms with E-state index < -0.39 is 11.7 Å². The third-order valence-electron chi connectivity index (χ3n) is 4.78. The van der Waals surface area contributed by atoms with Crippen molar-refractivity contribution in [1.29, 1.82) is 0 Å². The van der Waals surface area contributed by atoms with E-state index >= 15 is 0 Å². The molecule has 1 heterocycles. The van der Waals surface area contributed by atoms with Crippen molar-refractivity contribution in [3.8, 4) is 11.6 Å². The highest BCUT2D eigenvalue weighted by molar-refractivity contribution is 7.98. The Morgan fingerprint density at radius 1 is 1.25 bits per heavy atom. The number of pyridine rings is 1. The highest BCUT2D eigenvalue weighted by Crippen LogP contribution is 2.28. The smallest absolute Gasteiger partial charge is 0.257 e. The number of hydrogen-bond donors (Lipinski definition) is 2. The van der Waals surface area contributed by atoms with Crippen molar-refractivity contribution in [3.05, 3.63) is 47.9 Å². The number of aromatic nitrogens is 1. The summed E-state index contributed by atoms with van der Waals surface area (Å²) in [7, 11) is 0. The average molecular weight is 403 g/mol. The fraction of sp³-hybridized carbons (Fsp3) is 0.350. The minimum Gasteiger partial charge on any atom is -0.438 e. The lowest BCUT2D eigenvalue weighted by atomic mass is 9.85. The van der Waals surface area contributed by atoms with Gasteiger partial charge < -0.3 is 15.8 Å². The lowest BCUT2D eigenvalue weighted by molar-refractivity contribution is -0.122. The molecule has 1 fully saturated rings. The second kappa shape index (κ2) is 9.05. The Hall–Kier alpha value is -2.61. The van der Waals surface area contributed by atoms with Gasteiger partial charge in [0.05, 0.1) is 6.20 Å². The van der Waals surface area contributed by atoms with Crippen LogP contribution in [0.5, 0.6) is 11.6 Å². The van der Waals surface area contributed by atoms with Gasteiger partial charge in [-0.15, -0.1) is 11.8 Å². The molecule has 1 aromatic heterocycles. The highest BCUT2D eigenvalue weighted by atomic mass is 32.2. The summed E-state index contributed by atoms with van der Waals surface area (Å²) in [6.07, 6.45) is 5.52. The third-order valence-corrected chi connectivity index (χ3v) is 5.51. The summed E-state index contributed by atoms with van der Waals surface area (Å²) >= 11 is 1.56. The molecule has 0 radical (unpaired) electrons. The molecule has 28 heavy (non-hydrogen) atoms. The van der Waals surface area contributed by atoms with Crippen molar-refractivity contribution >= 4 is 23.6 Å². The van der Waals surface area contributed by atoms with Gasteiger partial charge in [0.1, 0.15) is 17.1 Å². The molecule has 0 aliphatic heterocycles. The molecule has 8 heteroatoms. The summed E-state index contributed by atoms with van der Waals surface area (Å²) in [5, 5.41) is 2.89. The number of carbonyl (C=O) groups excluding carboxylic acids is 2. The number of hydrogen-bond acceptors (Lipinski definition) is 5. The molecule has 6 nitrogen and oxygen atoms in total. The maximum atomic E-state index is 13.7. The summed E-state index contributed by atoms with van der Waals surface area (Å²) in [5.74, 6) is -0.961. The van der Waals surface area contributed by atoms with Crippen molar-refractivity contribution in [2.75, 3.05) is 6.26 Å². The SMILES string of the molecule is CSc1cccc(Oc2ncc(F)cc2C(=O)NC2CCC(C(N)=O)CC2)c1. The Balaban J connectivity index is 1.73. The first-order valence-corrected chi connectivity index (χ1v) is 10.3. The first kappa shape index (κ1) is 20.1. The van der Waals surface area contributed by atoms with Crippen molar-refractivity contribution in [2.24, 2.45) is 11.7 Å². The molecule has 0 spiro atoms. The van der Waals surface area contributed by atoms with E-state index in [0.29, 0.717) is 31.4 Å². The van der Waals surface area contributed by atoms with Crippen LogP contribution in [0.2, 0.25) is 0 Å². The van der Waals surface area contributed by atoms with Crippen LogP contribution < -0.4 is 15.8 Å². The minimum absolute atomic E-state index is 0.0339. The van der Waals surface area contributed by atoms with Crippen LogP contribution in [-0.4, -0.2) is 29.1 Å². The zero-order chi connectivity index (χ0) is 20.1. The second-order valence-corrected chi connectivity index (χ2v) is 7.59. The topological polar surface area (TPSA) is 94.3 Å². The second-order valence-electron chi connectivity index (χ2n) is 6.71. The summed E-state index contributed by atoms with van der Waals surface area (Å²) in [5.41, 5.74) is 5.38. The number of thioether (sulfide) groups is 1. The Labute approximate surface area is 167 Å². The maximum Gasteiger partial charge on any atom is 0.257 e. The molecular formula is C20H22FN3O3S. The van der Waals surface area contributed by atoms with Crippen LogP contribution in [0.1, 0.15) is 36.0 Å². The molecule has 1 aliphatic carbocycles. The number of benzene rings is 1. The van der Waals surface area contributed by atoms with E-state index in [0.717, 1.165) is 17.2 Å². The first-order chi connectivity index (χ1) is 13.5. The van der Waals surface area contributed by atoms with Gasteiger partial charge in [-0.05, 0) is 56.2 Å². The molecule has 3 N–H and O–H groups in total. The number of nitrogens with two attached hydrogens (primary N) is 1. The molecular weight excluding hydrogens is 381 g/mol. The predicted molar refractivity (Wildman–Crippen MR) is 105 cm³/mol. The summed E-state index contributed by atoms with van der Waals surface area (Å²) in [4.78, 5) is 28.9. The van der Waals surface area contributed by atoms with Crippen LogP contribution in [0, 0.1) is 11.7 Å². The molecule has 2 aromatic rings. The van der Waals surface area contributed by atoms with Crippen molar-refractivity contribution in [2.45, 2.75) is 36.6 Å². The molecule has 0 unspecified atom stereocenters. The molecule has 148 valence electrons. The lowest BCUT2D eigenvalue weighted by Gasteiger charge is -2.27. The largest absolute Gasteiger partial charge is 0.438 e. The zero-order valence-corrected chi connectivity index (χ0v) is 16.3. The fourth-order valence-corrected chi connectivity index (χ4v) is 3.68. The quantitative estimate of drug-likeness (QED) is 0.720. The molecule has 3 rings (SSSR count). The highest BCUT2D eigenvalue weighted by Gasteiger charge is 2.27. The number of ether oxygens (including phenoxy) is 1. The molecule has 0 bridgehead atoms. The number of primary amides is 1. The van der Waals surface area contributed by atoms with Crippen LogP contribution in [-0.2, 0) is 4.79 Å². The van der Waals surface area contributed by atoms with Gasteiger partial charge in [-0.3, -0.25) is 9.59 Å². The standard InChI is InChI=1S/C20H22FN3O3S/c1-28-16-4-2-3-15(10-16)27-20-17(9-13(21)11-23-20)19(26)24-14-7-5-12(6-8-14)18(22)25/h2-4,9-12,14H,5-8H2,1H3,(H2,22,25)(H,24,26). The maximum absolute atomic E-state index is 13.7. The number of halogens is 1. The Morgan fingerprint density at radius 3 is 2.68 bits per heavy atom. The number of carbonyl (C=O) groups is 2. The predicted octanol–water partition coefficient (Wildman–Crippen LogP) is 3.51. The summed E-state index contributed by atoms with van der Waals surface area (Å²) < 4.78 is 19.5. The van der Waals surface area contributed by atoms with Gasteiger partial charge in [-0.2, -0.15) is 0 Å². The number of nitrogens with one attached hydrogen (secondary N) is 1. The monoisotopic (exact) mass is 403 g/mol. The van der Waals surface area contributed by atoms with Gasteiger partial charge in [0.2, 0.25) is 11.8 Å². The Bertz CT molecular complexity index is 870. The molecule has 0 saturated heterocycles. The van der Waals surface area contributed by atoms with Gasteiger partial charge in [-0.25, -0.2) is 9.37 Å². The summed E-state index contributed by atoms with van der Waals surface area (Å²) in [6, 6.07) is 8.36. The number of nitrogens with zero attached hydrogens (tertiary/aromatic N) is 1. The minimum atomic E-state index is -0.618. The van der Waals surface area contributed by atoms with E-state index in [-0.39, 0.29) is 29.3 Å². The van der Waals surface area contributed by atoms with E-state index in [1.807, 2.05) is 24.5 Å². The van der Waals surface area contributed by atoms with E-state index in [1.165, 1.54) is 0 Å². The molecule has 2 amide bonds. The van der Waals surface area contributed by atoms with Crippen LogP contribution in [0.25, 0.3) is 0 Å². The third kappa shape index (κ3) is 5.01. The van der Waals surface area contributed by atoms with Crippen molar-refractivity contribution in [1.82, 2.24) is 10.3 Å². The van der Waals surface area contributed by atoms with Crippen molar-refractivity contribution < 1.29 is 18.7 Å². The summed E-state index contributed by atoms with van der Waals surface area (Å²) in [6.45, 7) is 0. The van der Waals surface area contributed by atoms with Gasteiger partial charge >= 0.3 is 0 Å². The Kier molecular flexibility index (Phi) is 6.51. The van der Waals surface area contributed by atoms with Crippen LogP contribution in [0.15, 0.2) is 41.4 Å². The fourth-order valence-electron chi connectivity index (χ4n) is 3.23. The van der Waals surface area contributed by atoms with E-state index in [9.17, 15) is 14.0 Å². The molecule has 1 aromatic carbocycles. The normalized spacial score (nSPS) is 19.1. The number of rotatable bonds is 6. The van der Waals surface area contributed by atoms with Crippen molar-refractivity contribution in [3.63, 3.8) is 0 Å². The Morgan fingerprint density at radius 2 is 2.00 bits per heavy atom. The van der Waals surface area contributed by atoms with Gasteiger partial charge in [0, 0.05) is 16.9 Å². The molecule has 1 aliphatic rings. The average Bonchev–Trinajstić information content (AvgIpc) is 2.70. The first-order valence-electron chi connectivity index (χ1n) is 9.04. The van der Waals surface area contributed by atoms with Crippen LogP contribution in [0.3, 0.4) is 0 Å². The molecule has 1 saturated carbocycles. The lowest BCUT2D eigenvalue weighted by Crippen LogP contribution is -2.40. The number of amides is 2. The zero-order valence-electron chi connectivity index (χ0n) is 15.5. The van der Waals surface area contributed by atoms with E-state index in [2.05, 4.69) is 10.3 Å². The van der Waals surface area contributed by atoms with Crippen LogP contribution >= 0.6 is 11.8 Å². The van der Waals surface area contributed by atoms with Gasteiger partial charge in [0.15, 0.2) is 0 Å².